The van der Waals surface area contributed by atoms with Crippen LogP contribution < -0.4 is 11.5 Å². The SMILES string of the molecule is NC(=O)N1CCOCC1.N[C@@H](Cc1ccccc1)C(=O)O.O=C(O)C(F)(F)F. The van der Waals surface area contributed by atoms with Crippen molar-refractivity contribution in [2.75, 3.05) is 26.3 Å². The highest BCUT2D eigenvalue weighted by molar-refractivity contribution is 5.73. The Labute approximate surface area is 158 Å². The summed E-state index contributed by atoms with van der Waals surface area (Å²) in [6.07, 6.45) is -4.70. The van der Waals surface area contributed by atoms with Gasteiger partial charge in [0, 0.05) is 13.1 Å². The molecule has 0 aromatic heterocycles. The molecular formula is C16H22F3N3O6. The highest BCUT2D eigenvalue weighted by Gasteiger charge is 2.38. The van der Waals surface area contributed by atoms with Gasteiger partial charge in [-0.15, -0.1) is 0 Å². The second kappa shape index (κ2) is 12.5. The van der Waals surface area contributed by atoms with Gasteiger partial charge in [-0.05, 0) is 12.0 Å². The zero-order valence-corrected chi connectivity index (χ0v) is 14.8. The number of nitrogens with two attached hydrogens (primary N) is 2. The summed E-state index contributed by atoms with van der Waals surface area (Å²) >= 11 is 0. The van der Waals surface area contributed by atoms with Gasteiger partial charge in [0.1, 0.15) is 6.04 Å². The maximum absolute atomic E-state index is 10.6. The largest absolute Gasteiger partial charge is 0.490 e. The van der Waals surface area contributed by atoms with Gasteiger partial charge in [0.2, 0.25) is 0 Å². The van der Waals surface area contributed by atoms with Gasteiger partial charge in [-0.2, -0.15) is 13.2 Å². The zero-order valence-electron chi connectivity index (χ0n) is 14.8. The number of nitrogens with zero attached hydrogens (tertiary/aromatic N) is 1. The quantitative estimate of drug-likeness (QED) is 0.572. The number of aliphatic carboxylic acids is 2. The summed E-state index contributed by atoms with van der Waals surface area (Å²) in [5.74, 6) is -3.72. The van der Waals surface area contributed by atoms with E-state index in [0.717, 1.165) is 5.56 Å². The van der Waals surface area contributed by atoms with E-state index in [9.17, 15) is 22.8 Å². The van der Waals surface area contributed by atoms with E-state index < -0.39 is 24.2 Å². The van der Waals surface area contributed by atoms with Crippen LogP contribution in [0.25, 0.3) is 0 Å². The number of carbonyl (C=O) groups excluding carboxylic acids is 1. The number of benzene rings is 1. The number of alkyl halides is 3. The van der Waals surface area contributed by atoms with Crippen LogP contribution in [0.5, 0.6) is 0 Å². The van der Waals surface area contributed by atoms with Crippen molar-refractivity contribution in [2.24, 2.45) is 11.5 Å². The zero-order chi connectivity index (χ0) is 21.7. The Hall–Kier alpha value is -2.86. The summed E-state index contributed by atoms with van der Waals surface area (Å²) in [5, 5.41) is 15.6. The molecule has 2 amide bonds. The second-order valence-electron chi connectivity index (χ2n) is 5.38. The first-order chi connectivity index (χ1) is 12.9. The molecule has 9 nitrogen and oxygen atoms in total. The highest BCUT2D eigenvalue weighted by atomic mass is 19.4. The summed E-state index contributed by atoms with van der Waals surface area (Å²) in [6, 6.07) is 8.19. The molecule has 158 valence electrons. The Bertz CT molecular complexity index is 622. The van der Waals surface area contributed by atoms with Crippen LogP contribution in [0, 0.1) is 0 Å². The fraction of sp³-hybridized carbons (Fsp3) is 0.438. The van der Waals surface area contributed by atoms with Gasteiger partial charge in [-0.1, -0.05) is 30.3 Å². The molecule has 0 saturated carbocycles. The molecular weight excluding hydrogens is 387 g/mol. The third-order valence-electron chi connectivity index (χ3n) is 3.18. The molecule has 1 aliphatic heterocycles. The number of rotatable bonds is 3. The third kappa shape index (κ3) is 11.7. The van der Waals surface area contributed by atoms with E-state index in [1.165, 1.54) is 0 Å². The monoisotopic (exact) mass is 409 g/mol. The highest BCUT2D eigenvalue weighted by Crippen LogP contribution is 2.13. The number of carbonyl (C=O) groups is 3. The molecule has 12 heteroatoms. The number of morpholine rings is 1. The van der Waals surface area contributed by atoms with E-state index in [1.54, 1.807) is 4.90 Å². The van der Waals surface area contributed by atoms with Gasteiger partial charge >= 0.3 is 24.1 Å². The lowest BCUT2D eigenvalue weighted by molar-refractivity contribution is -0.192. The van der Waals surface area contributed by atoms with Gasteiger partial charge in [0.15, 0.2) is 0 Å². The van der Waals surface area contributed by atoms with Crippen molar-refractivity contribution in [3.8, 4) is 0 Å². The fourth-order valence-corrected chi connectivity index (χ4v) is 1.74. The Morgan fingerprint density at radius 1 is 1.11 bits per heavy atom. The van der Waals surface area contributed by atoms with Crippen LogP contribution in [-0.2, 0) is 20.7 Å². The van der Waals surface area contributed by atoms with E-state index in [2.05, 4.69) is 0 Å². The smallest absolute Gasteiger partial charge is 0.480 e. The molecule has 1 atom stereocenters. The standard InChI is InChI=1S/C9H11NO2.C5H10N2O2.C2HF3O2/c10-8(9(11)12)6-7-4-2-1-3-5-7;6-5(8)7-1-3-9-4-2-7;3-2(4,5)1(6)7/h1-5,8H,6,10H2,(H,11,12);1-4H2,(H2,6,8);(H,6,7)/t8-;;/m0../s1. The van der Waals surface area contributed by atoms with Gasteiger partial charge in [-0.3, -0.25) is 4.79 Å². The van der Waals surface area contributed by atoms with Crippen molar-refractivity contribution >= 4 is 18.0 Å². The number of primary amides is 1. The molecule has 0 unspecified atom stereocenters. The first kappa shape index (κ1) is 25.1. The summed E-state index contributed by atoms with van der Waals surface area (Å²) in [5.41, 5.74) is 11.3. The number of halogens is 3. The van der Waals surface area contributed by atoms with Crippen molar-refractivity contribution in [2.45, 2.75) is 18.6 Å². The Morgan fingerprint density at radius 2 is 1.57 bits per heavy atom. The number of carboxylic acids is 2. The second-order valence-corrected chi connectivity index (χ2v) is 5.38. The predicted octanol–water partition coefficient (Wildman–Crippen LogP) is 0.672. The van der Waals surface area contributed by atoms with Crippen molar-refractivity contribution in [3.05, 3.63) is 35.9 Å². The van der Waals surface area contributed by atoms with E-state index in [0.29, 0.717) is 32.7 Å². The third-order valence-corrected chi connectivity index (χ3v) is 3.18. The molecule has 1 aromatic rings. The number of carboxylic acid groups (broad SMARTS) is 2. The van der Waals surface area contributed by atoms with Crippen molar-refractivity contribution < 1.29 is 42.5 Å². The minimum atomic E-state index is -5.08. The molecule has 1 aliphatic rings. The van der Waals surface area contributed by atoms with Crippen molar-refractivity contribution in [1.29, 1.82) is 0 Å². The number of urea groups is 1. The van der Waals surface area contributed by atoms with Crippen LogP contribution in [0.1, 0.15) is 5.56 Å². The minimum Gasteiger partial charge on any atom is -0.480 e. The molecule has 1 saturated heterocycles. The minimum absolute atomic E-state index is 0.349. The van der Waals surface area contributed by atoms with Crippen LogP contribution in [0.4, 0.5) is 18.0 Å². The topological polar surface area (TPSA) is 156 Å². The molecule has 1 heterocycles. The molecule has 0 aliphatic carbocycles. The lowest BCUT2D eigenvalue weighted by Gasteiger charge is -2.24. The van der Waals surface area contributed by atoms with Crippen molar-refractivity contribution in [1.82, 2.24) is 4.90 Å². The maximum Gasteiger partial charge on any atom is 0.490 e. The molecule has 2 rings (SSSR count). The molecule has 1 aromatic carbocycles. The molecule has 1 fully saturated rings. The van der Waals surface area contributed by atoms with E-state index in [-0.39, 0.29) is 6.03 Å². The predicted molar refractivity (Wildman–Crippen MR) is 91.4 cm³/mol. The van der Waals surface area contributed by atoms with E-state index in [1.807, 2.05) is 30.3 Å². The summed E-state index contributed by atoms with van der Waals surface area (Å²) in [7, 11) is 0. The van der Waals surface area contributed by atoms with Crippen LogP contribution >= 0.6 is 0 Å². The average molecular weight is 409 g/mol. The van der Waals surface area contributed by atoms with Gasteiger partial charge in [0.05, 0.1) is 13.2 Å². The lowest BCUT2D eigenvalue weighted by Crippen LogP contribution is -2.43. The molecule has 0 spiro atoms. The summed E-state index contributed by atoms with van der Waals surface area (Å²) in [4.78, 5) is 31.3. The average Bonchev–Trinajstić information content (AvgIpc) is 2.63. The number of ether oxygens (including phenoxy) is 1. The maximum atomic E-state index is 10.6. The molecule has 0 radical (unpaired) electrons. The van der Waals surface area contributed by atoms with Gasteiger partial charge in [0.25, 0.3) is 0 Å². The van der Waals surface area contributed by atoms with Gasteiger partial charge < -0.3 is 31.3 Å². The van der Waals surface area contributed by atoms with Crippen LogP contribution in [0.3, 0.4) is 0 Å². The van der Waals surface area contributed by atoms with E-state index >= 15 is 0 Å². The Kier molecular flexibility index (Phi) is 11.2. The van der Waals surface area contributed by atoms with Crippen molar-refractivity contribution in [3.63, 3.8) is 0 Å². The van der Waals surface area contributed by atoms with Crippen LogP contribution in [-0.4, -0.2) is 71.6 Å². The summed E-state index contributed by atoms with van der Waals surface area (Å²) < 4.78 is 36.7. The molecule has 28 heavy (non-hydrogen) atoms. The first-order valence-corrected chi connectivity index (χ1v) is 7.89. The first-order valence-electron chi connectivity index (χ1n) is 7.89. The number of hydrogen-bond acceptors (Lipinski definition) is 5. The van der Waals surface area contributed by atoms with Gasteiger partial charge in [-0.25, -0.2) is 9.59 Å². The van der Waals surface area contributed by atoms with E-state index in [4.69, 9.17) is 31.2 Å². The Balaban J connectivity index is 0.000000408. The molecule has 6 N–H and O–H groups in total. The fourth-order valence-electron chi connectivity index (χ4n) is 1.74. The molecule has 0 bridgehead atoms. The summed E-state index contributed by atoms with van der Waals surface area (Å²) in [6.45, 7) is 2.50. The van der Waals surface area contributed by atoms with Crippen LogP contribution in [0.2, 0.25) is 0 Å². The number of amides is 2. The van der Waals surface area contributed by atoms with Crippen LogP contribution in [0.15, 0.2) is 30.3 Å². The normalized spacial score (nSPS) is 14.5. The Morgan fingerprint density at radius 3 is 1.89 bits per heavy atom. The number of hydrogen-bond donors (Lipinski definition) is 4. The lowest BCUT2D eigenvalue weighted by atomic mass is 10.1.